The summed E-state index contributed by atoms with van der Waals surface area (Å²) in [5, 5.41) is 0. The van der Waals surface area contributed by atoms with Crippen LogP contribution in [0.25, 0.3) is 0 Å². The maximum Gasteiger partial charge on any atom is 0.0212 e. The van der Waals surface area contributed by atoms with Crippen LogP contribution in [0.2, 0.25) is 0 Å². The maximum atomic E-state index is 3.76. The van der Waals surface area contributed by atoms with Gasteiger partial charge in [0.2, 0.25) is 0 Å². The molecule has 0 fully saturated rings. The molecule has 0 spiro atoms. The lowest BCUT2D eigenvalue weighted by atomic mass is 9.86. The highest BCUT2D eigenvalue weighted by Gasteiger charge is 2.16. The van der Waals surface area contributed by atoms with E-state index in [-0.39, 0.29) is 0 Å². The van der Waals surface area contributed by atoms with Crippen LogP contribution in [0.4, 0.5) is 0 Å². The summed E-state index contributed by atoms with van der Waals surface area (Å²) >= 11 is 3.76. The molecule has 108 valence electrons. The number of rotatable bonds is 9. The molecule has 19 heavy (non-hydrogen) atoms. The zero-order valence-electron chi connectivity index (χ0n) is 12.8. The van der Waals surface area contributed by atoms with Gasteiger partial charge in [-0.2, -0.15) is 0 Å². The predicted octanol–water partition coefficient (Wildman–Crippen LogP) is 7.00. The summed E-state index contributed by atoms with van der Waals surface area (Å²) in [6.07, 6.45) is 10.8. The van der Waals surface area contributed by atoms with Crippen LogP contribution in [-0.2, 0) is 0 Å². The summed E-state index contributed by atoms with van der Waals surface area (Å²) in [5.41, 5.74) is 3.01. The predicted molar refractivity (Wildman–Crippen MR) is 89.9 cm³/mol. The van der Waals surface area contributed by atoms with Gasteiger partial charge in [-0.15, -0.1) is 0 Å². The maximum absolute atomic E-state index is 3.76. The van der Waals surface area contributed by atoms with Gasteiger partial charge >= 0.3 is 0 Å². The third-order valence-electron chi connectivity index (χ3n) is 3.99. The molecule has 1 unspecified atom stereocenters. The highest BCUT2D eigenvalue weighted by molar-refractivity contribution is 9.10. The molecule has 1 aromatic carbocycles. The van der Waals surface area contributed by atoms with Gasteiger partial charge in [0.1, 0.15) is 0 Å². The van der Waals surface area contributed by atoms with Crippen LogP contribution in [0.3, 0.4) is 0 Å². The first kappa shape index (κ1) is 16.8. The average molecular weight is 325 g/mol. The van der Waals surface area contributed by atoms with E-state index in [9.17, 15) is 0 Å². The first-order valence-electron chi connectivity index (χ1n) is 7.95. The van der Waals surface area contributed by atoms with Crippen molar-refractivity contribution in [1.82, 2.24) is 0 Å². The smallest absolute Gasteiger partial charge is 0.0212 e. The van der Waals surface area contributed by atoms with Gasteiger partial charge in [0.25, 0.3) is 0 Å². The summed E-state index contributed by atoms with van der Waals surface area (Å²) in [4.78, 5) is 0. The molecule has 0 amide bonds. The Bertz CT molecular complexity index is 336. The second kappa shape index (κ2) is 9.58. The molecule has 0 bridgehead atoms. The summed E-state index contributed by atoms with van der Waals surface area (Å²) < 4.78 is 1.31. The van der Waals surface area contributed by atoms with E-state index in [4.69, 9.17) is 0 Å². The fourth-order valence-electron chi connectivity index (χ4n) is 2.86. The zero-order chi connectivity index (χ0) is 14.1. The average Bonchev–Trinajstić information content (AvgIpc) is 2.39. The molecular formula is C18H29Br. The number of unbranched alkanes of at least 4 members (excludes halogenated alkanes) is 4. The van der Waals surface area contributed by atoms with Crippen LogP contribution < -0.4 is 0 Å². The van der Waals surface area contributed by atoms with E-state index in [1.165, 1.54) is 61.4 Å². The Morgan fingerprint density at radius 3 is 2.26 bits per heavy atom. The zero-order valence-corrected chi connectivity index (χ0v) is 14.4. The van der Waals surface area contributed by atoms with Crippen molar-refractivity contribution in [1.29, 1.82) is 0 Å². The van der Waals surface area contributed by atoms with Gasteiger partial charge in [-0.1, -0.05) is 80.4 Å². The summed E-state index contributed by atoms with van der Waals surface area (Å²) in [6, 6.07) is 6.61. The highest BCUT2D eigenvalue weighted by atomic mass is 79.9. The number of halogens is 1. The monoisotopic (exact) mass is 324 g/mol. The molecule has 0 N–H and O–H groups in total. The first-order valence-corrected chi connectivity index (χ1v) is 8.75. The molecule has 0 saturated heterocycles. The fraction of sp³-hybridized carbons (Fsp3) is 0.667. The second-order valence-corrected chi connectivity index (χ2v) is 6.51. The molecule has 0 aromatic heterocycles. The van der Waals surface area contributed by atoms with Crippen molar-refractivity contribution in [2.45, 2.75) is 78.1 Å². The molecule has 0 aliphatic rings. The van der Waals surface area contributed by atoms with E-state index in [1.807, 2.05) is 0 Å². The van der Waals surface area contributed by atoms with Gasteiger partial charge in [0.05, 0.1) is 0 Å². The first-order chi connectivity index (χ1) is 9.20. The minimum absolute atomic E-state index is 0.743. The Balaban J connectivity index is 2.71. The van der Waals surface area contributed by atoms with Crippen molar-refractivity contribution in [3.63, 3.8) is 0 Å². The Morgan fingerprint density at radius 1 is 0.947 bits per heavy atom. The minimum atomic E-state index is 0.743. The lowest BCUT2D eigenvalue weighted by Gasteiger charge is -2.21. The van der Waals surface area contributed by atoms with Crippen molar-refractivity contribution < 1.29 is 0 Å². The fourth-order valence-corrected chi connectivity index (χ4v) is 3.65. The lowest BCUT2D eigenvalue weighted by Crippen LogP contribution is -2.03. The quantitative estimate of drug-likeness (QED) is 0.429. The topological polar surface area (TPSA) is 0 Å². The van der Waals surface area contributed by atoms with Crippen LogP contribution in [0.1, 0.15) is 82.3 Å². The van der Waals surface area contributed by atoms with E-state index >= 15 is 0 Å². The summed E-state index contributed by atoms with van der Waals surface area (Å²) in [5.74, 6) is 0.743. The minimum Gasteiger partial charge on any atom is -0.0654 e. The van der Waals surface area contributed by atoms with E-state index < -0.39 is 0 Å². The van der Waals surface area contributed by atoms with Crippen LogP contribution in [-0.4, -0.2) is 0 Å². The van der Waals surface area contributed by atoms with Gasteiger partial charge in [0.15, 0.2) is 0 Å². The number of benzene rings is 1. The Kier molecular flexibility index (Phi) is 8.45. The third-order valence-corrected chi connectivity index (χ3v) is 4.68. The molecule has 0 saturated carbocycles. The second-order valence-electron chi connectivity index (χ2n) is 5.66. The van der Waals surface area contributed by atoms with Crippen molar-refractivity contribution in [2.75, 3.05) is 0 Å². The van der Waals surface area contributed by atoms with Crippen LogP contribution in [0.5, 0.6) is 0 Å². The molecule has 0 radical (unpaired) electrons. The lowest BCUT2D eigenvalue weighted by molar-refractivity contribution is 0.506. The largest absolute Gasteiger partial charge is 0.0654 e. The van der Waals surface area contributed by atoms with Gasteiger partial charge < -0.3 is 0 Å². The normalized spacial score (nSPS) is 12.6. The number of hydrogen-bond acceptors (Lipinski definition) is 0. The SMILES string of the molecule is CCCCCCC(CCCC)c1c(C)cccc1Br. The Hall–Kier alpha value is -0.300. The third kappa shape index (κ3) is 5.69. The molecule has 0 nitrogen and oxygen atoms in total. The number of hydrogen-bond donors (Lipinski definition) is 0. The number of aryl methyl sites for hydroxylation is 1. The van der Waals surface area contributed by atoms with E-state index in [0.717, 1.165) is 5.92 Å². The van der Waals surface area contributed by atoms with Crippen LogP contribution >= 0.6 is 15.9 Å². The van der Waals surface area contributed by atoms with Gasteiger partial charge in [-0.25, -0.2) is 0 Å². The van der Waals surface area contributed by atoms with Crippen LogP contribution in [0.15, 0.2) is 22.7 Å². The van der Waals surface area contributed by atoms with Crippen molar-refractivity contribution >= 4 is 15.9 Å². The molecule has 0 aliphatic heterocycles. The molecule has 1 heteroatoms. The highest BCUT2D eigenvalue weighted by Crippen LogP contribution is 2.35. The summed E-state index contributed by atoms with van der Waals surface area (Å²) in [7, 11) is 0. The van der Waals surface area contributed by atoms with E-state index in [0.29, 0.717) is 0 Å². The van der Waals surface area contributed by atoms with E-state index in [1.54, 1.807) is 5.56 Å². The molecule has 1 aromatic rings. The van der Waals surface area contributed by atoms with Gasteiger partial charge in [-0.3, -0.25) is 0 Å². The van der Waals surface area contributed by atoms with Crippen molar-refractivity contribution in [2.24, 2.45) is 0 Å². The van der Waals surface area contributed by atoms with Crippen molar-refractivity contribution in [3.05, 3.63) is 33.8 Å². The van der Waals surface area contributed by atoms with Crippen molar-refractivity contribution in [3.8, 4) is 0 Å². The standard InChI is InChI=1S/C18H29Br/c1-4-6-8-9-13-16(12-7-5-2)18-15(3)11-10-14-17(18)19/h10-11,14,16H,4-9,12-13H2,1-3H3. The molecule has 0 heterocycles. The van der Waals surface area contributed by atoms with Gasteiger partial charge in [-0.05, 0) is 42.9 Å². The Morgan fingerprint density at radius 2 is 1.63 bits per heavy atom. The van der Waals surface area contributed by atoms with E-state index in [2.05, 4.69) is 54.9 Å². The molecule has 0 aliphatic carbocycles. The molecule has 1 atom stereocenters. The summed E-state index contributed by atoms with van der Waals surface area (Å²) in [6.45, 7) is 6.83. The van der Waals surface area contributed by atoms with Crippen LogP contribution in [0, 0.1) is 6.92 Å². The van der Waals surface area contributed by atoms with Gasteiger partial charge in [0, 0.05) is 4.47 Å². The Labute approximate surface area is 128 Å². The molecule has 1 rings (SSSR count). The molecular weight excluding hydrogens is 296 g/mol.